The molecule has 6 heteroatoms. The van der Waals surface area contributed by atoms with Gasteiger partial charge < -0.3 is 18.4 Å². The maximum absolute atomic E-state index is 9.41. The van der Waals surface area contributed by atoms with Crippen molar-refractivity contribution < 1.29 is 18.4 Å². The normalized spacial score (nSPS) is 12.8. The van der Waals surface area contributed by atoms with E-state index < -0.39 is 16.9 Å². The van der Waals surface area contributed by atoms with Gasteiger partial charge in [-0.25, -0.2) is 0 Å². The van der Waals surface area contributed by atoms with Gasteiger partial charge in [0.25, 0.3) is 0 Å². The minimum atomic E-state index is -2.73. The van der Waals surface area contributed by atoms with Crippen LogP contribution in [0.4, 0.5) is 0 Å². The van der Waals surface area contributed by atoms with Crippen LogP contribution in [0.1, 0.15) is 0 Å². The molecule has 1 N–H and O–H groups in total. The second kappa shape index (κ2) is 6.09. The van der Waals surface area contributed by atoms with Crippen molar-refractivity contribution in [2.75, 3.05) is 27.6 Å². The molecule has 1 rings (SSSR count). The lowest BCUT2D eigenvalue weighted by Crippen LogP contribution is -2.55. The molecule has 4 nitrogen and oxygen atoms in total. The van der Waals surface area contributed by atoms with Gasteiger partial charge in [-0.15, -0.1) is 0 Å². The van der Waals surface area contributed by atoms with Crippen LogP contribution in [0.5, 0.6) is 0 Å². The van der Waals surface area contributed by atoms with Crippen LogP contribution in [0, 0.1) is 0 Å². The molecular weight excluding hydrogens is 264 g/mol. The predicted octanol–water partition coefficient (Wildman–Crippen LogP) is 0.219. The topological polar surface area (TPSA) is 47.9 Å². The molecule has 0 bridgehead atoms. The fraction of sp³-hybridized carbons (Fsp3) is 0.500. The Labute approximate surface area is 111 Å². The monoisotopic (exact) mass is 286 g/mol. The number of hydrogen-bond acceptors (Lipinski definition) is 4. The predicted molar refractivity (Wildman–Crippen MR) is 77.1 cm³/mol. The van der Waals surface area contributed by atoms with Gasteiger partial charge >= 0.3 is 8.80 Å². The SMILES string of the molecule is CO[Si](OC)(OC)c1ccc([Si](C)(C)CO)cc1. The van der Waals surface area contributed by atoms with Crippen LogP contribution < -0.4 is 10.4 Å². The number of rotatable bonds is 6. The molecule has 0 atom stereocenters. The summed E-state index contributed by atoms with van der Waals surface area (Å²) in [5.74, 6) is 0. The zero-order valence-electron chi connectivity index (χ0n) is 11.7. The van der Waals surface area contributed by atoms with Crippen molar-refractivity contribution in [3.63, 3.8) is 0 Å². The molecule has 0 saturated heterocycles. The van der Waals surface area contributed by atoms with Crippen LogP contribution in [0.2, 0.25) is 13.1 Å². The van der Waals surface area contributed by atoms with E-state index in [1.54, 1.807) is 21.3 Å². The van der Waals surface area contributed by atoms with Gasteiger partial charge in [-0.3, -0.25) is 0 Å². The first kappa shape index (κ1) is 15.6. The lowest BCUT2D eigenvalue weighted by Gasteiger charge is -2.26. The zero-order valence-corrected chi connectivity index (χ0v) is 13.7. The lowest BCUT2D eigenvalue weighted by molar-refractivity contribution is 0.140. The smallest absolute Gasteiger partial charge is 0.399 e. The summed E-state index contributed by atoms with van der Waals surface area (Å²) >= 11 is 0. The largest absolute Gasteiger partial charge is 0.536 e. The van der Waals surface area contributed by atoms with Gasteiger partial charge in [0.05, 0.1) is 0 Å². The van der Waals surface area contributed by atoms with Crippen molar-refractivity contribution in [3.05, 3.63) is 24.3 Å². The molecular formula is C12H22O4Si2. The van der Waals surface area contributed by atoms with E-state index >= 15 is 0 Å². The Morgan fingerprint density at radius 1 is 0.889 bits per heavy atom. The Kier molecular flexibility index (Phi) is 5.26. The number of aliphatic hydroxyl groups excluding tert-OH is 1. The van der Waals surface area contributed by atoms with Crippen molar-refractivity contribution >= 4 is 27.3 Å². The Morgan fingerprint density at radius 2 is 1.28 bits per heavy atom. The molecule has 0 heterocycles. The molecule has 1 aromatic carbocycles. The number of hydrogen-bond donors (Lipinski definition) is 1. The first-order valence-corrected chi connectivity index (χ1v) is 10.8. The molecule has 1 aromatic rings. The summed E-state index contributed by atoms with van der Waals surface area (Å²) in [5.41, 5.74) is 0. The third kappa shape index (κ3) is 2.90. The summed E-state index contributed by atoms with van der Waals surface area (Å²) in [5, 5.41) is 11.6. The molecule has 0 radical (unpaired) electrons. The van der Waals surface area contributed by atoms with Gasteiger partial charge in [0, 0.05) is 32.7 Å². The van der Waals surface area contributed by atoms with Crippen LogP contribution in [-0.4, -0.2) is 49.5 Å². The highest BCUT2D eigenvalue weighted by molar-refractivity contribution is 6.89. The van der Waals surface area contributed by atoms with Crippen molar-refractivity contribution in [2.24, 2.45) is 0 Å². The first-order valence-electron chi connectivity index (χ1n) is 5.83. The van der Waals surface area contributed by atoms with Crippen LogP contribution in [0.25, 0.3) is 0 Å². The summed E-state index contributed by atoms with van der Waals surface area (Å²) in [7, 11) is 0.340. The average Bonchev–Trinajstić information content (AvgIpc) is 2.42. The summed E-state index contributed by atoms with van der Waals surface area (Å²) < 4.78 is 16.3. The van der Waals surface area contributed by atoms with E-state index in [2.05, 4.69) is 13.1 Å². The van der Waals surface area contributed by atoms with Gasteiger partial charge in [0.1, 0.15) is 8.07 Å². The van der Waals surface area contributed by atoms with E-state index in [4.69, 9.17) is 13.3 Å². The quantitative estimate of drug-likeness (QED) is 0.760. The lowest BCUT2D eigenvalue weighted by atomic mass is 10.4. The number of aliphatic hydroxyl groups is 1. The van der Waals surface area contributed by atoms with E-state index in [1.165, 1.54) is 5.19 Å². The van der Waals surface area contributed by atoms with Gasteiger partial charge in [-0.1, -0.05) is 42.5 Å². The molecule has 18 heavy (non-hydrogen) atoms. The van der Waals surface area contributed by atoms with E-state index in [0.29, 0.717) is 0 Å². The zero-order chi connectivity index (χ0) is 13.8. The van der Waals surface area contributed by atoms with Crippen molar-refractivity contribution in [1.82, 2.24) is 0 Å². The molecule has 0 spiro atoms. The third-order valence-corrected chi connectivity index (χ3v) is 8.56. The summed E-state index contributed by atoms with van der Waals surface area (Å²) in [6, 6.07) is 8.03. The fourth-order valence-corrected chi connectivity index (χ4v) is 4.85. The summed E-state index contributed by atoms with van der Waals surface area (Å²) in [6.07, 6.45) is 0.244. The Hall–Kier alpha value is -0.506. The van der Waals surface area contributed by atoms with Gasteiger partial charge in [-0.2, -0.15) is 0 Å². The summed E-state index contributed by atoms with van der Waals surface area (Å²) in [4.78, 5) is 0. The Balaban J connectivity index is 3.09. The highest BCUT2D eigenvalue weighted by Crippen LogP contribution is 2.07. The van der Waals surface area contributed by atoms with Gasteiger partial charge in [-0.05, 0) is 0 Å². The second-order valence-corrected chi connectivity index (χ2v) is 12.4. The Morgan fingerprint density at radius 3 is 1.61 bits per heavy atom. The van der Waals surface area contributed by atoms with Crippen molar-refractivity contribution in [3.8, 4) is 0 Å². The maximum Gasteiger partial charge on any atom is 0.536 e. The van der Waals surface area contributed by atoms with Crippen LogP contribution in [-0.2, 0) is 13.3 Å². The minimum absolute atomic E-state index is 0.244. The standard InChI is InChI=1S/C12H22O4Si2/c1-14-18(15-2,16-3)12-8-6-11(7-9-12)17(4,5)10-13/h6-9,13H,10H2,1-5H3. The average molecular weight is 286 g/mol. The van der Waals surface area contributed by atoms with Gasteiger partial charge in [0.15, 0.2) is 0 Å². The third-order valence-electron chi connectivity index (χ3n) is 3.22. The Bertz CT molecular complexity index is 366. The van der Waals surface area contributed by atoms with Crippen LogP contribution >= 0.6 is 0 Å². The molecule has 0 amide bonds. The van der Waals surface area contributed by atoms with E-state index in [1.807, 2.05) is 24.3 Å². The molecule has 0 aliphatic carbocycles. The number of benzene rings is 1. The molecule has 0 saturated carbocycles. The molecule has 0 fully saturated rings. The van der Waals surface area contributed by atoms with E-state index in [0.717, 1.165) is 5.19 Å². The molecule has 0 aliphatic rings. The molecule has 0 unspecified atom stereocenters. The maximum atomic E-state index is 9.41. The molecule has 102 valence electrons. The second-order valence-electron chi connectivity index (χ2n) is 4.79. The van der Waals surface area contributed by atoms with Crippen molar-refractivity contribution in [1.29, 1.82) is 0 Å². The molecule has 0 aliphatic heterocycles. The van der Waals surface area contributed by atoms with Gasteiger partial charge in [0.2, 0.25) is 0 Å². The highest BCUT2D eigenvalue weighted by Gasteiger charge is 2.40. The fourth-order valence-electron chi connectivity index (χ4n) is 1.82. The van der Waals surface area contributed by atoms with Crippen molar-refractivity contribution in [2.45, 2.75) is 13.1 Å². The van der Waals surface area contributed by atoms with E-state index in [-0.39, 0.29) is 6.23 Å². The summed E-state index contributed by atoms with van der Waals surface area (Å²) in [6.45, 7) is 4.27. The molecule has 0 aromatic heterocycles. The highest BCUT2D eigenvalue weighted by atomic mass is 28.4. The van der Waals surface area contributed by atoms with E-state index in [9.17, 15) is 5.11 Å². The van der Waals surface area contributed by atoms with Crippen LogP contribution in [0.3, 0.4) is 0 Å². The van der Waals surface area contributed by atoms with Crippen LogP contribution in [0.15, 0.2) is 24.3 Å². The first-order chi connectivity index (χ1) is 8.45. The minimum Gasteiger partial charge on any atom is -0.399 e.